The number of hydrogen-bond acceptors (Lipinski definition) is 2. The highest BCUT2D eigenvalue weighted by atomic mass is 15.2. The molecule has 22 heavy (non-hydrogen) atoms. The number of pyridine rings is 1. The van der Waals surface area contributed by atoms with Gasteiger partial charge in [0.1, 0.15) is 0 Å². The highest BCUT2D eigenvalue weighted by molar-refractivity contribution is 5.81. The molecule has 1 aliphatic rings. The van der Waals surface area contributed by atoms with Crippen molar-refractivity contribution in [3.63, 3.8) is 0 Å². The molecule has 0 bridgehead atoms. The summed E-state index contributed by atoms with van der Waals surface area (Å²) < 4.78 is 2.25. The predicted octanol–water partition coefficient (Wildman–Crippen LogP) is 3.91. The van der Waals surface area contributed by atoms with Gasteiger partial charge >= 0.3 is 0 Å². The Bertz CT molecular complexity index is 785. The maximum absolute atomic E-state index is 4.60. The summed E-state index contributed by atoms with van der Waals surface area (Å²) in [4.78, 5) is 7.19. The van der Waals surface area contributed by atoms with Gasteiger partial charge in [0.2, 0.25) is 0 Å². The normalized spacial score (nSPS) is 19.0. The Morgan fingerprint density at radius 1 is 1.14 bits per heavy atom. The lowest BCUT2D eigenvalue weighted by Crippen LogP contribution is -2.24. The molecule has 1 fully saturated rings. The van der Waals surface area contributed by atoms with Crippen LogP contribution >= 0.6 is 0 Å². The summed E-state index contributed by atoms with van der Waals surface area (Å²) in [5, 5.41) is 1.23. The van der Waals surface area contributed by atoms with Crippen LogP contribution in [0.15, 0.2) is 54.9 Å². The van der Waals surface area contributed by atoms with Crippen LogP contribution in [-0.4, -0.2) is 21.0 Å². The molecule has 0 radical (unpaired) electrons. The van der Waals surface area contributed by atoms with Crippen molar-refractivity contribution in [3.05, 3.63) is 66.1 Å². The summed E-state index contributed by atoms with van der Waals surface area (Å²) in [6.45, 7) is 2.14. The number of hydrogen-bond donors (Lipinski definition) is 0. The Morgan fingerprint density at radius 2 is 2.05 bits per heavy atom. The fourth-order valence-electron chi connectivity index (χ4n) is 3.68. The molecule has 2 aromatic heterocycles. The van der Waals surface area contributed by atoms with Crippen LogP contribution in [0.4, 0.5) is 0 Å². The van der Waals surface area contributed by atoms with Crippen molar-refractivity contribution in [1.29, 1.82) is 0 Å². The van der Waals surface area contributed by atoms with E-state index >= 15 is 0 Å². The van der Waals surface area contributed by atoms with Gasteiger partial charge in [-0.05, 0) is 43.1 Å². The van der Waals surface area contributed by atoms with Gasteiger partial charge in [-0.3, -0.25) is 9.88 Å². The Balaban J connectivity index is 1.66. The molecule has 4 rings (SSSR count). The number of fused-ring (bicyclic) bond motifs is 1. The summed E-state index contributed by atoms with van der Waals surface area (Å²) in [7, 11) is 2.14. The second-order valence-electron chi connectivity index (χ2n) is 6.16. The van der Waals surface area contributed by atoms with Gasteiger partial charge in [0.25, 0.3) is 0 Å². The third-order valence-corrected chi connectivity index (χ3v) is 4.78. The minimum atomic E-state index is 0.527. The molecule has 1 aromatic carbocycles. The van der Waals surface area contributed by atoms with Crippen molar-refractivity contribution in [2.24, 2.45) is 7.05 Å². The monoisotopic (exact) mass is 291 g/mol. The van der Waals surface area contributed by atoms with Crippen LogP contribution in [0.25, 0.3) is 10.9 Å². The van der Waals surface area contributed by atoms with Crippen LogP contribution in [-0.2, 0) is 13.6 Å². The van der Waals surface area contributed by atoms with Crippen LogP contribution in [0.2, 0.25) is 0 Å². The van der Waals surface area contributed by atoms with Crippen LogP contribution < -0.4 is 0 Å². The van der Waals surface area contributed by atoms with Gasteiger partial charge in [0, 0.05) is 37.1 Å². The number of benzene rings is 1. The van der Waals surface area contributed by atoms with Crippen molar-refractivity contribution in [1.82, 2.24) is 14.5 Å². The van der Waals surface area contributed by atoms with E-state index in [1.807, 2.05) is 12.3 Å². The molecular formula is C19H21N3. The van der Waals surface area contributed by atoms with Crippen molar-refractivity contribution in [3.8, 4) is 0 Å². The van der Waals surface area contributed by atoms with E-state index in [4.69, 9.17) is 0 Å². The molecule has 0 spiro atoms. The van der Waals surface area contributed by atoms with E-state index in [2.05, 4.69) is 64.1 Å². The Labute approximate surface area is 131 Å². The molecular weight excluding hydrogens is 270 g/mol. The summed E-state index contributed by atoms with van der Waals surface area (Å²) in [6.07, 6.45) is 6.56. The van der Waals surface area contributed by atoms with Gasteiger partial charge in [-0.2, -0.15) is 0 Å². The molecule has 0 saturated carbocycles. The zero-order valence-corrected chi connectivity index (χ0v) is 12.9. The first-order valence-electron chi connectivity index (χ1n) is 8.01. The highest BCUT2D eigenvalue weighted by Crippen LogP contribution is 2.33. The smallest absolute Gasteiger partial charge is 0.0746 e. The molecule has 1 atom stereocenters. The standard InChI is InChI=1S/C19H21N3/c1-21-12-4-9-17(21)18-10-5-13-22(18)14-16-7-2-6-15-8-3-11-20-19(15)16/h2-4,6-9,11-12,18H,5,10,13-14H2,1H3. The minimum absolute atomic E-state index is 0.527. The first kappa shape index (κ1) is 13.5. The maximum atomic E-state index is 4.60. The summed E-state index contributed by atoms with van der Waals surface area (Å²) in [6, 6.07) is 15.6. The van der Waals surface area contributed by atoms with Gasteiger partial charge in [-0.15, -0.1) is 0 Å². The lowest BCUT2D eigenvalue weighted by atomic mass is 10.1. The first-order chi connectivity index (χ1) is 10.8. The van der Waals surface area contributed by atoms with E-state index < -0.39 is 0 Å². The highest BCUT2D eigenvalue weighted by Gasteiger charge is 2.27. The van der Waals surface area contributed by atoms with E-state index in [0.29, 0.717) is 6.04 Å². The van der Waals surface area contributed by atoms with E-state index in [1.54, 1.807) is 0 Å². The van der Waals surface area contributed by atoms with Crippen molar-refractivity contribution in [2.75, 3.05) is 6.54 Å². The minimum Gasteiger partial charge on any atom is -0.353 e. The first-order valence-corrected chi connectivity index (χ1v) is 8.01. The van der Waals surface area contributed by atoms with E-state index in [1.165, 1.54) is 36.0 Å². The number of aryl methyl sites for hydroxylation is 1. The summed E-state index contributed by atoms with van der Waals surface area (Å²) >= 11 is 0. The van der Waals surface area contributed by atoms with E-state index in [-0.39, 0.29) is 0 Å². The Morgan fingerprint density at radius 3 is 2.91 bits per heavy atom. The van der Waals surface area contributed by atoms with Gasteiger partial charge < -0.3 is 4.57 Å². The number of aromatic nitrogens is 2. The second kappa shape index (κ2) is 5.58. The largest absolute Gasteiger partial charge is 0.353 e. The quantitative estimate of drug-likeness (QED) is 0.729. The van der Waals surface area contributed by atoms with E-state index in [0.717, 1.165) is 12.1 Å². The molecule has 112 valence electrons. The zero-order valence-electron chi connectivity index (χ0n) is 12.9. The lowest BCUT2D eigenvalue weighted by Gasteiger charge is -2.25. The van der Waals surface area contributed by atoms with Crippen LogP contribution in [0.3, 0.4) is 0 Å². The molecule has 1 unspecified atom stereocenters. The van der Waals surface area contributed by atoms with Gasteiger partial charge in [0.05, 0.1) is 11.6 Å². The summed E-state index contributed by atoms with van der Waals surface area (Å²) in [5.74, 6) is 0. The average Bonchev–Trinajstić information content (AvgIpc) is 3.16. The third kappa shape index (κ3) is 2.32. The van der Waals surface area contributed by atoms with Crippen LogP contribution in [0, 0.1) is 0 Å². The van der Waals surface area contributed by atoms with Crippen LogP contribution in [0.1, 0.15) is 30.1 Å². The molecule has 1 aliphatic heterocycles. The fourth-order valence-corrected chi connectivity index (χ4v) is 3.68. The predicted molar refractivity (Wildman–Crippen MR) is 89.5 cm³/mol. The lowest BCUT2D eigenvalue weighted by molar-refractivity contribution is 0.242. The number of nitrogens with zero attached hydrogens (tertiary/aromatic N) is 3. The number of rotatable bonds is 3. The molecule has 0 N–H and O–H groups in total. The molecule has 1 saturated heterocycles. The summed E-state index contributed by atoms with van der Waals surface area (Å²) in [5.41, 5.74) is 3.90. The third-order valence-electron chi connectivity index (χ3n) is 4.78. The topological polar surface area (TPSA) is 21.1 Å². The molecule has 0 amide bonds. The van der Waals surface area contributed by atoms with E-state index in [9.17, 15) is 0 Å². The molecule has 3 heteroatoms. The van der Waals surface area contributed by atoms with Gasteiger partial charge in [-0.25, -0.2) is 0 Å². The molecule has 0 aliphatic carbocycles. The SMILES string of the molecule is Cn1cccc1C1CCCN1Cc1cccc2cccnc12. The number of para-hydroxylation sites is 1. The molecule has 3 aromatic rings. The molecule has 3 nitrogen and oxygen atoms in total. The second-order valence-corrected chi connectivity index (χ2v) is 6.16. The molecule has 3 heterocycles. The van der Waals surface area contributed by atoms with Gasteiger partial charge in [0.15, 0.2) is 0 Å². The van der Waals surface area contributed by atoms with Crippen molar-refractivity contribution >= 4 is 10.9 Å². The van der Waals surface area contributed by atoms with Crippen LogP contribution in [0.5, 0.6) is 0 Å². The average molecular weight is 291 g/mol. The maximum Gasteiger partial charge on any atom is 0.0746 e. The van der Waals surface area contributed by atoms with Crippen molar-refractivity contribution < 1.29 is 0 Å². The van der Waals surface area contributed by atoms with Gasteiger partial charge in [-0.1, -0.05) is 24.3 Å². The van der Waals surface area contributed by atoms with Crippen molar-refractivity contribution in [2.45, 2.75) is 25.4 Å². The fraction of sp³-hybridized carbons (Fsp3) is 0.316. The number of likely N-dealkylation sites (tertiary alicyclic amines) is 1. The zero-order chi connectivity index (χ0) is 14.9. The Kier molecular flexibility index (Phi) is 3.43. The Hall–Kier alpha value is -2.13.